The summed E-state index contributed by atoms with van der Waals surface area (Å²) in [5.74, 6) is 0.518. The lowest BCUT2D eigenvalue weighted by atomic mass is 10.1. The molecule has 1 aromatic carbocycles. The molecule has 0 radical (unpaired) electrons. The van der Waals surface area contributed by atoms with Crippen molar-refractivity contribution in [3.63, 3.8) is 0 Å². The van der Waals surface area contributed by atoms with Crippen molar-refractivity contribution in [3.8, 4) is 0 Å². The zero-order valence-electron chi connectivity index (χ0n) is 10.5. The van der Waals surface area contributed by atoms with E-state index in [1.54, 1.807) is 23.9 Å². The Kier molecular flexibility index (Phi) is 3.43. The Morgan fingerprint density at radius 3 is 2.83 bits per heavy atom. The van der Waals surface area contributed by atoms with Gasteiger partial charge < -0.3 is 11.1 Å². The molecule has 2 rings (SSSR count). The first kappa shape index (κ1) is 12.3. The average Bonchev–Trinajstić information content (AvgIpc) is 2.68. The van der Waals surface area contributed by atoms with Gasteiger partial charge in [0, 0.05) is 25.2 Å². The highest BCUT2D eigenvalue weighted by molar-refractivity contribution is 6.03. The third-order valence-corrected chi connectivity index (χ3v) is 2.67. The standard InChI is InChI=1S/C13H16N4O/c1-9-6-12(17(2)16-9)15-13(18)11-5-3-4-10(7-11)8-14/h3-7H,8,14H2,1-2H3,(H,15,18). The van der Waals surface area contributed by atoms with Gasteiger partial charge in [0.05, 0.1) is 5.69 Å². The summed E-state index contributed by atoms with van der Waals surface area (Å²) in [5, 5.41) is 6.99. The van der Waals surface area contributed by atoms with E-state index in [2.05, 4.69) is 10.4 Å². The number of nitrogens with zero attached hydrogens (tertiary/aromatic N) is 2. The summed E-state index contributed by atoms with van der Waals surface area (Å²) in [6.45, 7) is 2.30. The normalized spacial score (nSPS) is 10.4. The number of amides is 1. The Bertz CT molecular complexity index is 574. The second-order valence-electron chi connectivity index (χ2n) is 4.15. The van der Waals surface area contributed by atoms with Crippen LogP contribution in [0.1, 0.15) is 21.6 Å². The summed E-state index contributed by atoms with van der Waals surface area (Å²) in [6, 6.07) is 9.09. The molecule has 0 aliphatic heterocycles. The minimum Gasteiger partial charge on any atom is -0.326 e. The van der Waals surface area contributed by atoms with Gasteiger partial charge in [-0.25, -0.2) is 0 Å². The molecule has 1 aromatic heterocycles. The van der Waals surface area contributed by atoms with E-state index in [0.717, 1.165) is 11.3 Å². The molecule has 1 heterocycles. The van der Waals surface area contributed by atoms with Crippen molar-refractivity contribution in [1.82, 2.24) is 9.78 Å². The number of nitrogens with two attached hydrogens (primary N) is 1. The number of nitrogens with one attached hydrogen (secondary N) is 1. The van der Waals surface area contributed by atoms with Gasteiger partial charge in [-0.05, 0) is 24.6 Å². The number of benzene rings is 1. The highest BCUT2D eigenvalue weighted by atomic mass is 16.1. The van der Waals surface area contributed by atoms with E-state index in [-0.39, 0.29) is 5.91 Å². The Morgan fingerprint density at radius 1 is 1.44 bits per heavy atom. The van der Waals surface area contributed by atoms with Gasteiger partial charge in [-0.2, -0.15) is 5.10 Å². The van der Waals surface area contributed by atoms with Crippen LogP contribution in [0.2, 0.25) is 0 Å². The van der Waals surface area contributed by atoms with Crippen molar-refractivity contribution in [1.29, 1.82) is 0 Å². The fraction of sp³-hybridized carbons (Fsp3) is 0.231. The Hall–Kier alpha value is -2.14. The number of carbonyl (C=O) groups excluding carboxylic acids is 1. The fourth-order valence-electron chi connectivity index (χ4n) is 1.76. The maximum atomic E-state index is 12.1. The van der Waals surface area contributed by atoms with Crippen molar-refractivity contribution in [3.05, 3.63) is 47.2 Å². The number of rotatable bonds is 3. The maximum absolute atomic E-state index is 12.1. The second-order valence-corrected chi connectivity index (χ2v) is 4.15. The van der Waals surface area contributed by atoms with Gasteiger partial charge >= 0.3 is 0 Å². The van der Waals surface area contributed by atoms with E-state index >= 15 is 0 Å². The fourth-order valence-corrected chi connectivity index (χ4v) is 1.76. The SMILES string of the molecule is Cc1cc(NC(=O)c2cccc(CN)c2)n(C)n1. The van der Waals surface area contributed by atoms with Gasteiger partial charge in [0.2, 0.25) is 0 Å². The van der Waals surface area contributed by atoms with Crippen molar-refractivity contribution < 1.29 is 4.79 Å². The van der Waals surface area contributed by atoms with Crippen LogP contribution >= 0.6 is 0 Å². The summed E-state index contributed by atoms with van der Waals surface area (Å²) >= 11 is 0. The van der Waals surface area contributed by atoms with Crippen LogP contribution in [0.15, 0.2) is 30.3 Å². The topological polar surface area (TPSA) is 72.9 Å². The molecule has 0 spiro atoms. The Morgan fingerprint density at radius 2 is 2.22 bits per heavy atom. The maximum Gasteiger partial charge on any atom is 0.256 e. The monoisotopic (exact) mass is 244 g/mol. The van der Waals surface area contributed by atoms with Gasteiger partial charge in [-0.15, -0.1) is 0 Å². The molecule has 1 amide bonds. The summed E-state index contributed by atoms with van der Waals surface area (Å²) in [7, 11) is 1.79. The molecule has 2 aromatic rings. The summed E-state index contributed by atoms with van der Waals surface area (Å²) in [5.41, 5.74) is 7.95. The number of anilines is 1. The second kappa shape index (κ2) is 5.01. The minimum atomic E-state index is -0.159. The zero-order chi connectivity index (χ0) is 13.1. The quantitative estimate of drug-likeness (QED) is 0.858. The first-order valence-corrected chi connectivity index (χ1v) is 5.71. The first-order chi connectivity index (χ1) is 8.60. The van der Waals surface area contributed by atoms with Crippen LogP contribution in [-0.4, -0.2) is 15.7 Å². The number of aryl methyl sites for hydroxylation is 2. The van der Waals surface area contributed by atoms with Crippen molar-refractivity contribution in [2.45, 2.75) is 13.5 Å². The molecule has 0 bridgehead atoms. The number of carbonyl (C=O) groups is 1. The smallest absolute Gasteiger partial charge is 0.256 e. The predicted octanol–water partition coefficient (Wildman–Crippen LogP) is 1.44. The molecule has 5 nitrogen and oxygen atoms in total. The van der Waals surface area contributed by atoms with Gasteiger partial charge in [-0.1, -0.05) is 12.1 Å². The van der Waals surface area contributed by atoms with E-state index in [9.17, 15) is 4.79 Å². The highest BCUT2D eigenvalue weighted by Crippen LogP contribution is 2.11. The van der Waals surface area contributed by atoms with Crippen molar-refractivity contribution in [2.75, 3.05) is 5.32 Å². The van der Waals surface area contributed by atoms with Crippen LogP contribution < -0.4 is 11.1 Å². The molecule has 0 fully saturated rings. The van der Waals surface area contributed by atoms with E-state index in [4.69, 9.17) is 5.73 Å². The molecular weight excluding hydrogens is 228 g/mol. The molecule has 3 N–H and O–H groups in total. The van der Waals surface area contributed by atoms with Gasteiger partial charge in [0.15, 0.2) is 0 Å². The van der Waals surface area contributed by atoms with Crippen molar-refractivity contribution in [2.24, 2.45) is 12.8 Å². The lowest BCUT2D eigenvalue weighted by Gasteiger charge is -2.06. The molecular formula is C13H16N4O. The third kappa shape index (κ3) is 2.57. The van der Waals surface area contributed by atoms with Crippen LogP contribution in [0, 0.1) is 6.92 Å². The van der Waals surface area contributed by atoms with Gasteiger partial charge in [0.25, 0.3) is 5.91 Å². The van der Waals surface area contributed by atoms with Crippen LogP contribution in [0.4, 0.5) is 5.82 Å². The van der Waals surface area contributed by atoms with Crippen LogP contribution in [0.3, 0.4) is 0 Å². The Labute approximate surface area is 106 Å². The number of aromatic nitrogens is 2. The van der Waals surface area contributed by atoms with E-state index in [1.807, 2.05) is 25.1 Å². The van der Waals surface area contributed by atoms with Gasteiger partial charge in [-0.3, -0.25) is 9.48 Å². The summed E-state index contributed by atoms with van der Waals surface area (Å²) in [6.07, 6.45) is 0. The lowest BCUT2D eigenvalue weighted by Crippen LogP contribution is -2.15. The molecule has 0 aliphatic rings. The van der Waals surface area contributed by atoms with E-state index in [1.165, 1.54) is 0 Å². The first-order valence-electron chi connectivity index (χ1n) is 5.71. The number of hydrogen-bond acceptors (Lipinski definition) is 3. The Balaban J connectivity index is 2.19. The average molecular weight is 244 g/mol. The van der Waals surface area contributed by atoms with Crippen LogP contribution in [0.5, 0.6) is 0 Å². The van der Waals surface area contributed by atoms with Gasteiger partial charge in [0.1, 0.15) is 5.82 Å². The van der Waals surface area contributed by atoms with E-state index in [0.29, 0.717) is 17.9 Å². The van der Waals surface area contributed by atoms with Crippen molar-refractivity contribution >= 4 is 11.7 Å². The molecule has 0 atom stereocenters. The lowest BCUT2D eigenvalue weighted by molar-refractivity contribution is 0.102. The molecule has 0 aliphatic carbocycles. The minimum absolute atomic E-state index is 0.159. The molecule has 0 saturated carbocycles. The molecule has 0 saturated heterocycles. The number of hydrogen-bond donors (Lipinski definition) is 2. The predicted molar refractivity (Wildman–Crippen MR) is 70.2 cm³/mol. The van der Waals surface area contributed by atoms with Crippen LogP contribution in [-0.2, 0) is 13.6 Å². The molecule has 5 heteroatoms. The zero-order valence-corrected chi connectivity index (χ0v) is 10.5. The summed E-state index contributed by atoms with van der Waals surface area (Å²) in [4.78, 5) is 12.1. The molecule has 0 unspecified atom stereocenters. The molecule has 94 valence electrons. The third-order valence-electron chi connectivity index (χ3n) is 2.67. The highest BCUT2D eigenvalue weighted by Gasteiger charge is 2.09. The van der Waals surface area contributed by atoms with Crippen LogP contribution in [0.25, 0.3) is 0 Å². The summed E-state index contributed by atoms with van der Waals surface area (Å²) < 4.78 is 1.64. The molecule has 18 heavy (non-hydrogen) atoms. The van der Waals surface area contributed by atoms with E-state index < -0.39 is 0 Å². The largest absolute Gasteiger partial charge is 0.326 e.